The van der Waals surface area contributed by atoms with Gasteiger partial charge in [0.1, 0.15) is 0 Å². The minimum atomic E-state index is -4.43. The topological polar surface area (TPSA) is 82.7 Å². The van der Waals surface area contributed by atoms with Gasteiger partial charge in [-0.3, -0.25) is 10.1 Å². The Morgan fingerprint density at radius 3 is 2.45 bits per heavy atom. The van der Waals surface area contributed by atoms with E-state index < -0.39 is 17.8 Å². The molecule has 0 saturated carbocycles. The first kappa shape index (κ1) is 22.1. The molecule has 2 aromatic heterocycles. The molecule has 0 radical (unpaired) electrons. The lowest BCUT2D eigenvalue weighted by Crippen LogP contribution is -2.19. The van der Waals surface area contributed by atoms with Gasteiger partial charge >= 0.3 is 12.2 Å². The number of rotatable bonds is 5. The van der Waals surface area contributed by atoms with Crippen LogP contribution in [-0.2, 0) is 12.6 Å². The molecule has 0 unspecified atom stereocenters. The fraction of sp³-hybridized carbons (Fsp3) is 0.125. The number of aromatic nitrogens is 3. The standard InChI is InChI=1S/C24H20F3N5O/c1-2-18-12-15(10-11-28-18)21-14-29-32-22(21)16-4-3-5-20(13-16)31-23(33)30-19-8-6-17(7-9-19)24(25,26)27/h3-14H,2H2,1H3,(H,29,32)(H2,30,31,33). The number of benzene rings is 2. The van der Waals surface area contributed by atoms with E-state index in [4.69, 9.17) is 0 Å². The number of hydrogen-bond acceptors (Lipinski definition) is 3. The van der Waals surface area contributed by atoms with Crippen LogP contribution in [0.15, 0.2) is 73.1 Å². The van der Waals surface area contributed by atoms with Crippen LogP contribution in [0.1, 0.15) is 18.2 Å². The van der Waals surface area contributed by atoms with E-state index in [2.05, 4.69) is 25.8 Å². The average Bonchev–Trinajstić information content (AvgIpc) is 3.29. The SMILES string of the molecule is CCc1cc(-c2cn[nH]c2-c2cccc(NC(=O)Nc3ccc(C(F)(F)F)cc3)c2)ccn1. The van der Waals surface area contributed by atoms with Crippen molar-refractivity contribution in [2.45, 2.75) is 19.5 Å². The predicted octanol–water partition coefficient (Wildman–Crippen LogP) is 6.36. The van der Waals surface area contributed by atoms with Crippen molar-refractivity contribution in [2.75, 3.05) is 10.6 Å². The van der Waals surface area contributed by atoms with Crippen molar-refractivity contribution in [3.05, 3.63) is 84.3 Å². The van der Waals surface area contributed by atoms with Crippen LogP contribution in [0, 0.1) is 0 Å². The van der Waals surface area contributed by atoms with Crippen LogP contribution in [0.4, 0.5) is 29.3 Å². The molecule has 0 aliphatic carbocycles. The van der Waals surface area contributed by atoms with Crippen LogP contribution in [0.2, 0.25) is 0 Å². The Morgan fingerprint density at radius 1 is 0.970 bits per heavy atom. The molecule has 4 aromatic rings. The molecular formula is C24H20F3N5O. The van der Waals surface area contributed by atoms with E-state index in [1.54, 1.807) is 30.6 Å². The van der Waals surface area contributed by atoms with Crippen LogP contribution < -0.4 is 10.6 Å². The van der Waals surface area contributed by atoms with E-state index in [0.717, 1.165) is 46.6 Å². The minimum Gasteiger partial charge on any atom is -0.308 e. The summed E-state index contributed by atoms with van der Waals surface area (Å²) in [5.74, 6) is 0. The van der Waals surface area contributed by atoms with Crippen molar-refractivity contribution in [3.63, 3.8) is 0 Å². The van der Waals surface area contributed by atoms with Crippen LogP contribution in [-0.4, -0.2) is 21.2 Å². The van der Waals surface area contributed by atoms with Crippen molar-refractivity contribution in [1.82, 2.24) is 15.2 Å². The van der Waals surface area contributed by atoms with E-state index in [9.17, 15) is 18.0 Å². The van der Waals surface area contributed by atoms with Gasteiger partial charge in [-0.15, -0.1) is 0 Å². The molecule has 33 heavy (non-hydrogen) atoms. The molecule has 0 aliphatic heterocycles. The number of aryl methyl sites for hydroxylation is 1. The van der Waals surface area contributed by atoms with Gasteiger partial charge in [0, 0.05) is 34.4 Å². The average molecular weight is 451 g/mol. The summed E-state index contributed by atoms with van der Waals surface area (Å²) in [4.78, 5) is 16.7. The number of carbonyl (C=O) groups excluding carboxylic acids is 1. The molecular weight excluding hydrogens is 431 g/mol. The van der Waals surface area contributed by atoms with Crippen LogP contribution in [0.5, 0.6) is 0 Å². The van der Waals surface area contributed by atoms with E-state index >= 15 is 0 Å². The zero-order valence-electron chi connectivity index (χ0n) is 17.6. The van der Waals surface area contributed by atoms with Gasteiger partial charge in [0.15, 0.2) is 0 Å². The Labute approximate surface area is 187 Å². The number of anilines is 2. The number of carbonyl (C=O) groups is 1. The molecule has 0 fully saturated rings. The van der Waals surface area contributed by atoms with Crippen molar-refractivity contribution in [3.8, 4) is 22.4 Å². The summed E-state index contributed by atoms with van der Waals surface area (Å²) in [5, 5.41) is 12.4. The second-order valence-electron chi connectivity index (χ2n) is 7.28. The Hall–Kier alpha value is -4.14. The molecule has 9 heteroatoms. The van der Waals surface area contributed by atoms with Gasteiger partial charge in [0.05, 0.1) is 17.5 Å². The second kappa shape index (κ2) is 9.15. The predicted molar refractivity (Wildman–Crippen MR) is 121 cm³/mol. The molecule has 2 amide bonds. The van der Waals surface area contributed by atoms with Gasteiger partial charge < -0.3 is 10.6 Å². The van der Waals surface area contributed by atoms with Crippen LogP contribution in [0.3, 0.4) is 0 Å². The maximum Gasteiger partial charge on any atom is 0.416 e. The van der Waals surface area contributed by atoms with Crippen molar-refractivity contribution < 1.29 is 18.0 Å². The smallest absolute Gasteiger partial charge is 0.308 e. The molecule has 0 saturated heterocycles. The van der Waals surface area contributed by atoms with Crippen LogP contribution in [0.25, 0.3) is 22.4 Å². The Balaban J connectivity index is 1.50. The van der Waals surface area contributed by atoms with Gasteiger partial charge in [0.2, 0.25) is 0 Å². The van der Waals surface area contributed by atoms with E-state index in [1.165, 1.54) is 12.1 Å². The van der Waals surface area contributed by atoms with Gasteiger partial charge in [-0.05, 0) is 60.5 Å². The summed E-state index contributed by atoms with van der Waals surface area (Å²) in [5.41, 5.74) is 4.42. The first-order chi connectivity index (χ1) is 15.8. The van der Waals surface area contributed by atoms with Gasteiger partial charge in [0.25, 0.3) is 0 Å². The third-order valence-corrected chi connectivity index (χ3v) is 5.01. The molecule has 0 aliphatic rings. The quantitative estimate of drug-likeness (QED) is 0.330. The largest absolute Gasteiger partial charge is 0.416 e. The highest BCUT2D eigenvalue weighted by Crippen LogP contribution is 2.32. The number of alkyl halides is 3. The fourth-order valence-electron chi connectivity index (χ4n) is 3.35. The molecule has 2 heterocycles. The molecule has 0 spiro atoms. The van der Waals surface area contributed by atoms with Crippen molar-refractivity contribution in [2.24, 2.45) is 0 Å². The number of amides is 2. The number of pyridine rings is 1. The second-order valence-corrected chi connectivity index (χ2v) is 7.28. The monoisotopic (exact) mass is 451 g/mol. The van der Waals surface area contributed by atoms with Crippen LogP contribution >= 0.6 is 0 Å². The molecule has 2 aromatic carbocycles. The van der Waals surface area contributed by atoms with E-state index in [-0.39, 0.29) is 5.69 Å². The lowest BCUT2D eigenvalue weighted by atomic mass is 10.0. The maximum absolute atomic E-state index is 12.7. The Kier molecular flexibility index (Phi) is 6.12. The number of nitrogens with one attached hydrogen (secondary N) is 3. The summed E-state index contributed by atoms with van der Waals surface area (Å²) < 4.78 is 38.1. The van der Waals surface area contributed by atoms with Crippen molar-refractivity contribution in [1.29, 1.82) is 0 Å². The molecule has 6 nitrogen and oxygen atoms in total. The first-order valence-corrected chi connectivity index (χ1v) is 10.2. The molecule has 168 valence electrons. The Bertz CT molecular complexity index is 1270. The zero-order chi connectivity index (χ0) is 23.4. The normalized spacial score (nSPS) is 11.3. The fourth-order valence-corrected chi connectivity index (χ4v) is 3.35. The van der Waals surface area contributed by atoms with Crippen molar-refractivity contribution >= 4 is 17.4 Å². The zero-order valence-corrected chi connectivity index (χ0v) is 17.6. The van der Waals surface area contributed by atoms with Gasteiger partial charge in [-0.1, -0.05) is 19.1 Å². The molecule has 0 bridgehead atoms. The third kappa shape index (κ3) is 5.20. The minimum absolute atomic E-state index is 0.247. The molecule has 4 rings (SSSR count). The maximum atomic E-state index is 12.7. The number of aromatic amines is 1. The van der Waals surface area contributed by atoms with E-state index in [1.807, 2.05) is 25.1 Å². The number of hydrogen-bond donors (Lipinski definition) is 3. The lowest BCUT2D eigenvalue weighted by Gasteiger charge is -2.11. The number of urea groups is 1. The summed E-state index contributed by atoms with van der Waals surface area (Å²) in [6.45, 7) is 2.03. The number of halogens is 3. The summed E-state index contributed by atoms with van der Waals surface area (Å²) in [7, 11) is 0. The summed E-state index contributed by atoms with van der Waals surface area (Å²) in [6.07, 6.45) is -0.119. The Morgan fingerprint density at radius 2 is 1.73 bits per heavy atom. The lowest BCUT2D eigenvalue weighted by molar-refractivity contribution is -0.137. The van der Waals surface area contributed by atoms with Gasteiger partial charge in [-0.2, -0.15) is 18.3 Å². The van der Waals surface area contributed by atoms with E-state index in [0.29, 0.717) is 5.69 Å². The number of H-pyrrole nitrogens is 1. The highest BCUT2D eigenvalue weighted by Gasteiger charge is 2.30. The highest BCUT2D eigenvalue weighted by atomic mass is 19.4. The first-order valence-electron chi connectivity index (χ1n) is 10.2. The summed E-state index contributed by atoms with van der Waals surface area (Å²) >= 11 is 0. The summed E-state index contributed by atoms with van der Waals surface area (Å²) in [6, 6.07) is 14.8. The molecule has 0 atom stereocenters. The molecule has 3 N–H and O–H groups in total. The van der Waals surface area contributed by atoms with Gasteiger partial charge in [-0.25, -0.2) is 4.79 Å². The third-order valence-electron chi connectivity index (χ3n) is 5.01. The number of nitrogens with zero attached hydrogens (tertiary/aromatic N) is 2. The highest BCUT2D eigenvalue weighted by molar-refractivity contribution is 6.00.